The van der Waals surface area contributed by atoms with Gasteiger partial charge in [0, 0.05) is 5.92 Å². The molecule has 0 aromatic heterocycles. The molecule has 0 saturated heterocycles. The summed E-state index contributed by atoms with van der Waals surface area (Å²) in [5, 5.41) is 3.25. The maximum atomic E-state index is 12.4. The van der Waals surface area contributed by atoms with Crippen LogP contribution >= 0.6 is 0 Å². The maximum Gasteiger partial charge on any atom is 0.223 e. The molecule has 2 aliphatic carbocycles. The summed E-state index contributed by atoms with van der Waals surface area (Å²) in [7, 11) is 0. The van der Waals surface area contributed by atoms with Crippen LogP contribution in [0.2, 0.25) is 0 Å². The molecule has 1 amide bonds. The Morgan fingerprint density at radius 3 is 2.50 bits per heavy atom. The van der Waals surface area contributed by atoms with Crippen molar-refractivity contribution in [3.05, 3.63) is 35.4 Å². The van der Waals surface area contributed by atoms with Crippen LogP contribution < -0.4 is 5.32 Å². The van der Waals surface area contributed by atoms with E-state index in [2.05, 4.69) is 43.4 Å². The van der Waals surface area contributed by atoms with Gasteiger partial charge in [-0.1, -0.05) is 38.1 Å². The molecule has 1 N–H and O–H groups in total. The van der Waals surface area contributed by atoms with E-state index in [1.165, 1.54) is 24.0 Å². The molecule has 1 unspecified atom stereocenters. The van der Waals surface area contributed by atoms with Gasteiger partial charge in [0.15, 0.2) is 0 Å². The molecule has 1 aromatic carbocycles. The summed E-state index contributed by atoms with van der Waals surface area (Å²) < 4.78 is 0. The van der Waals surface area contributed by atoms with Gasteiger partial charge in [-0.25, -0.2) is 0 Å². The van der Waals surface area contributed by atoms with Gasteiger partial charge in [0.1, 0.15) is 0 Å². The molecule has 3 rings (SSSR count). The Morgan fingerprint density at radius 2 is 1.85 bits per heavy atom. The highest BCUT2D eigenvalue weighted by atomic mass is 16.1. The fraction of sp³-hybridized carbons (Fsp3) is 0.611. The van der Waals surface area contributed by atoms with E-state index in [1.807, 2.05) is 0 Å². The number of amides is 1. The third-order valence-corrected chi connectivity index (χ3v) is 5.26. The standard InChI is InChI=1S/C18H25NO/c1-12(2)13-7-9-14(10-8-13)18(20)19-17-11-15-5-3-4-6-16(15)17/h3-6,12-14,17H,7-11H2,1-2H3,(H,19,20). The Morgan fingerprint density at radius 1 is 1.15 bits per heavy atom. The molecule has 2 aliphatic rings. The first-order chi connectivity index (χ1) is 9.65. The number of fused-ring (bicyclic) bond motifs is 1. The van der Waals surface area contributed by atoms with Crippen LogP contribution in [0.3, 0.4) is 0 Å². The first kappa shape index (κ1) is 13.7. The van der Waals surface area contributed by atoms with Crippen molar-refractivity contribution in [2.45, 2.75) is 52.0 Å². The fourth-order valence-electron chi connectivity index (χ4n) is 3.73. The normalized spacial score (nSPS) is 28.6. The summed E-state index contributed by atoms with van der Waals surface area (Å²) in [5.74, 6) is 2.12. The van der Waals surface area contributed by atoms with Crippen LogP contribution in [0, 0.1) is 17.8 Å². The molecule has 1 fully saturated rings. The molecule has 0 aliphatic heterocycles. The summed E-state index contributed by atoms with van der Waals surface area (Å²) in [6, 6.07) is 8.70. The zero-order valence-corrected chi connectivity index (χ0v) is 12.6. The van der Waals surface area contributed by atoms with Crippen LogP contribution in [-0.2, 0) is 11.2 Å². The van der Waals surface area contributed by atoms with Crippen LogP contribution in [0.15, 0.2) is 24.3 Å². The Balaban J connectivity index is 1.52. The van der Waals surface area contributed by atoms with Crippen molar-refractivity contribution in [3.63, 3.8) is 0 Å². The van der Waals surface area contributed by atoms with Crippen molar-refractivity contribution < 1.29 is 4.79 Å². The number of rotatable bonds is 3. The smallest absolute Gasteiger partial charge is 0.223 e. The topological polar surface area (TPSA) is 29.1 Å². The molecule has 1 saturated carbocycles. The van der Waals surface area contributed by atoms with Crippen molar-refractivity contribution in [1.82, 2.24) is 5.32 Å². The number of hydrogen-bond acceptors (Lipinski definition) is 1. The lowest BCUT2D eigenvalue weighted by Crippen LogP contribution is -2.40. The van der Waals surface area contributed by atoms with Gasteiger partial charge in [0.2, 0.25) is 5.91 Å². The van der Waals surface area contributed by atoms with Gasteiger partial charge in [-0.15, -0.1) is 0 Å². The Kier molecular flexibility index (Phi) is 3.82. The molecule has 0 spiro atoms. The number of hydrogen-bond donors (Lipinski definition) is 1. The lowest BCUT2D eigenvalue weighted by atomic mass is 9.76. The van der Waals surface area contributed by atoms with E-state index in [-0.39, 0.29) is 17.9 Å². The van der Waals surface area contributed by atoms with Gasteiger partial charge in [-0.05, 0) is 55.1 Å². The molecule has 0 heterocycles. The van der Waals surface area contributed by atoms with E-state index in [1.54, 1.807) is 0 Å². The number of nitrogens with one attached hydrogen (secondary N) is 1. The molecule has 2 nitrogen and oxygen atoms in total. The predicted octanol–water partition coefficient (Wildman–Crippen LogP) is 3.86. The maximum absolute atomic E-state index is 12.4. The number of carbonyl (C=O) groups excluding carboxylic acids is 1. The van der Waals surface area contributed by atoms with Crippen molar-refractivity contribution in [2.75, 3.05) is 0 Å². The molecule has 1 atom stereocenters. The van der Waals surface area contributed by atoms with E-state index in [0.29, 0.717) is 0 Å². The highest BCUT2D eigenvalue weighted by Crippen LogP contribution is 2.36. The molecule has 20 heavy (non-hydrogen) atoms. The van der Waals surface area contributed by atoms with E-state index >= 15 is 0 Å². The van der Waals surface area contributed by atoms with Crippen molar-refractivity contribution >= 4 is 5.91 Å². The SMILES string of the molecule is CC(C)C1CCC(C(=O)NC2Cc3ccccc32)CC1. The molecule has 108 valence electrons. The van der Waals surface area contributed by atoms with Crippen molar-refractivity contribution in [2.24, 2.45) is 17.8 Å². The van der Waals surface area contributed by atoms with Gasteiger partial charge in [0.25, 0.3) is 0 Å². The number of benzene rings is 1. The van der Waals surface area contributed by atoms with Gasteiger partial charge in [-0.2, -0.15) is 0 Å². The van der Waals surface area contributed by atoms with Crippen LogP contribution in [0.1, 0.15) is 56.7 Å². The minimum absolute atomic E-state index is 0.248. The molecule has 1 aromatic rings. The van der Waals surface area contributed by atoms with E-state index in [4.69, 9.17) is 0 Å². The van der Waals surface area contributed by atoms with Crippen molar-refractivity contribution in [3.8, 4) is 0 Å². The van der Waals surface area contributed by atoms with Gasteiger partial charge in [-0.3, -0.25) is 4.79 Å². The van der Waals surface area contributed by atoms with Gasteiger partial charge < -0.3 is 5.32 Å². The molecular weight excluding hydrogens is 246 g/mol. The molecule has 0 radical (unpaired) electrons. The third kappa shape index (κ3) is 2.61. The zero-order valence-electron chi connectivity index (χ0n) is 12.6. The Hall–Kier alpha value is -1.31. The highest BCUT2D eigenvalue weighted by Gasteiger charge is 2.32. The predicted molar refractivity (Wildman–Crippen MR) is 81.3 cm³/mol. The lowest BCUT2D eigenvalue weighted by molar-refractivity contribution is -0.127. The molecule has 0 bridgehead atoms. The van der Waals surface area contributed by atoms with Gasteiger partial charge in [0.05, 0.1) is 6.04 Å². The average molecular weight is 271 g/mol. The second-order valence-electron chi connectivity index (χ2n) is 6.82. The monoisotopic (exact) mass is 271 g/mol. The molecular formula is C18H25NO. The first-order valence-corrected chi connectivity index (χ1v) is 8.03. The average Bonchev–Trinajstić information content (AvgIpc) is 2.44. The summed E-state index contributed by atoms with van der Waals surface area (Å²) in [4.78, 5) is 12.4. The van der Waals surface area contributed by atoms with Crippen LogP contribution in [-0.4, -0.2) is 5.91 Å². The first-order valence-electron chi connectivity index (χ1n) is 8.03. The zero-order chi connectivity index (χ0) is 14.1. The fourth-order valence-corrected chi connectivity index (χ4v) is 3.73. The number of carbonyl (C=O) groups is 1. The quantitative estimate of drug-likeness (QED) is 0.888. The van der Waals surface area contributed by atoms with Crippen LogP contribution in [0.25, 0.3) is 0 Å². The Bertz CT molecular complexity index is 486. The van der Waals surface area contributed by atoms with E-state index in [9.17, 15) is 4.79 Å². The second-order valence-corrected chi connectivity index (χ2v) is 6.82. The second kappa shape index (κ2) is 5.59. The summed E-state index contributed by atoms with van der Waals surface area (Å²) >= 11 is 0. The minimum atomic E-state index is 0.248. The highest BCUT2D eigenvalue weighted by molar-refractivity contribution is 5.79. The third-order valence-electron chi connectivity index (χ3n) is 5.26. The van der Waals surface area contributed by atoms with Crippen LogP contribution in [0.4, 0.5) is 0 Å². The van der Waals surface area contributed by atoms with Crippen molar-refractivity contribution in [1.29, 1.82) is 0 Å². The lowest BCUT2D eigenvalue weighted by Gasteiger charge is -2.34. The summed E-state index contributed by atoms with van der Waals surface area (Å²) in [6.07, 6.45) is 5.59. The largest absolute Gasteiger partial charge is 0.349 e. The Labute approximate surface area is 122 Å². The van der Waals surface area contributed by atoms with Gasteiger partial charge >= 0.3 is 0 Å². The van der Waals surface area contributed by atoms with E-state index in [0.717, 1.165) is 31.1 Å². The molecule has 2 heteroatoms. The summed E-state index contributed by atoms with van der Waals surface area (Å²) in [6.45, 7) is 4.60. The van der Waals surface area contributed by atoms with Crippen LogP contribution in [0.5, 0.6) is 0 Å². The summed E-state index contributed by atoms with van der Waals surface area (Å²) in [5.41, 5.74) is 2.71. The minimum Gasteiger partial charge on any atom is -0.349 e. The van der Waals surface area contributed by atoms with E-state index < -0.39 is 0 Å².